The van der Waals surface area contributed by atoms with E-state index in [1.54, 1.807) is 29.3 Å². The van der Waals surface area contributed by atoms with Crippen LogP contribution < -0.4 is 5.56 Å². The van der Waals surface area contributed by atoms with Gasteiger partial charge in [0.15, 0.2) is 5.65 Å². The van der Waals surface area contributed by atoms with Gasteiger partial charge < -0.3 is 4.42 Å². The Balaban J connectivity index is 1.69. The van der Waals surface area contributed by atoms with Crippen LogP contribution in [0.25, 0.3) is 21.8 Å². The lowest BCUT2D eigenvalue weighted by Gasteiger charge is -2.02. The van der Waals surface area contributed by atoms with Crippen molar-refractivity contribution in [3.05, 3.63) is 52.3 Å². The number of hydrogen-bond acceptors (Lipinski definition) is 6. The molecule has 0 aromatic carbocycles. The Morgan fingerprint density at radius 1 is 1.41 bits per heavy atom. The summed E-state index contributed by atoms with van der Waals surface area (Å²) in [6, 6.07) is 3.88. The van der Waals surface area contributed by atoms with Gasteiger partial charge in [0.2, 0.25) is 5.89 Å². The van der Waals surface area contributed by atoms with E-state index < -0.39 is 0 Å². The molecule has 0 bridgehead atoms. The van der Waals surface area contributed by atoms with E-state index in [4.69, 9.17) is 4.42 Å². The van der Waals surface area contributed by atoms with E-state index in [0.717, 1.165) is 4.88 Å². The summed E-state index contributed by atoms with van der Waals surface area (Å²) in [6.07, 6.45) is 4.60. The van der Waals surface area contributed by atoms with Gasteiger partial charge in [-0.05, 0) is 11.4 Å². The average Bonchev–Trinajstić information content (AvgIpc) is 3.23. The monoisotopic (exact) mass is 313 g/mol. The summed E-state index contributed by atoms with van der Waals surface area (Å²) in [7, 11) is 1.75. The summed E-state index contributed by atoms with van der Waals surface area (Å²) in [5.41, 5.74) is 1.11. The molecular formula is C14H11N5O2S. The van der Waals surface area contributed by atoms with E-state index in [2.05, 4.69) is 15.1 Å². The van der Waals surface area contributed by atoms with E-state index in [-0.39, 0.29) is 5.56 Å². The van der Waals surface area contributed by atoms with Gasteiger partial charge in [0.25, 0.3) is 5.56 Å². The zero-order valence-corrected chi connectivity index (χ0v) is 12.4. The Morgan fingerprint density at radius 2 is 2.32 bits per heavy atom. The van der Waals surface area contributed by atoms with Crippen molar-refractivity contribution >= 4 is 22.4 Å². The fourth-order valence-electron chi connectivity index (χ4n) is 2.25. The highest BCUT2D eigenvalue weighted by Gasteiger charge is 2.11. The first-order valence-electron chi connectivity index (χ1n) is 6.58. The first kappa shape index (κ1) is 13.0. The highest BCUT2D eigenvalue weighted by Crippen LogP contribution is 2.23. The van der Waals surface area contributed by atoms with Crippen molar-refractivity contribution in [3.63, 3.8) is 0 Å². The third-order valence-electron chi connectivity index (χ3n) is 3.33. The van der Waals surface area contributed by atoms with Crippen LogP contribution >= 0.6 is 11.3 Å². The van der Waals surface area contributed by atoms with Crippen LogP contribution in [-0.2, 0) is 13.6 Å². The number of rotatable bonds is 3. The number of oxazole rings is 1. The number of aromatic nitrogens is 5. The van der Waals surface area contributed by atoms with Crippen LogP contribution in [0.5, 0.6) is 0 Å². The van der Waals surface area contributed by atoms with Crippen LogP contribution in [0.2, 0.25) is 0 Å². The maximum Gasteiger partial charge on any atom is 0.264 e. The van der Waals surface area contributed by atoms with Crippen molar-refractivity contribution in [3.8, 4) is 10.8 Å². The van der Waals surface area contributed by atoms with Gasteiger partial charge in [-0.25, -0.2) is 9.97 Å². The molecule has 0 fully saturated rings. The summed E-state index contributed by atoms with van der Waals surface area (Å²) in [5.74, 6) is 0.563. The molecule has 7 nitrogen and oxygen atoms in total. The summed E-state index contributed by atoms with van der Waals surface area (Å²) >= 11 is 1.56. The Bertz CT molecular complexity index is 996. The average molecular weight is 313 g/mol. The van der Waals surface area contributed by atoms with Crippen LogP contribution in [0.3, 0.4) is 0 Å². The van der Waals surface area contributed by atoms with E-state index in [1.807, 2.05) is 17.5 Å². The molecule has 110 valence electrons. The molecule has 0 saturated carbocycles. The fraction of sp³-hybridized carbons (Fsp3) is 0.143. The molecule has 22 heavy (non-hydrogen) atoms. The first-order chi connectivity index (χ1) is 10.7. The highest BCUT2D eigenvalue weighted by atomic mass is 32.1. The standard InChI is InChI=1S/C14H11N5O2S/c1-18-12-10(5-16-18)14(20)19(8-15-12)6-9-7-21-13(17-9)11-3-2-4-22-11/h2-5,7-8H,6H2,1H3. The lowest BCUT2D eigenvalue weighted by Crippen LogP contribution is -2.21. The molecule has 0 N–H and O–H groups in total. The van der Waals surface area contributed by atoms with Gasteiger partial charge in [0.1, 0.15) is 18.0 Å². The number of hydrogen-bond donors (Lipinski definition) is 0. The van der Waals surface area contributed by atoms with Crippen molar-refractivity contribution in [1.82, 2.24) is 24.3 Å². The number of thiophene rings is 1. The molecule has 4 aromatic rings. The van der Waals surface area contributed by atoms with Crippen LogP contribution in [0.15, 0.2) is 45.5 Å². The minimum atomic E-state index is -0.140. The Kier molecular flexibility index (Phi) is 2.90. The minimum absolute atomic E-state index is 0.140. The summed E-state index contributed by atoms with van der Waals surface area (Å²) in [4.78, 5) is 22.0. The van der Waals surface area contributed by atoms with Crippen LogP contribution in [0, 0.1) is 0 Å². The molecule has 0 aliphatic carbocycles. The molecule has 0 spiro atoms. The number of fused-ring (bicyclic) bond motifs is 1. The molecule has 0 unspecified atom stereocenters. The van der Waals surface area contributed by atoms with E-state index >= 15 is 0 Å². The Morgan fingerprint density at radius 3 is 3.14 bits per heavy atom. The Hall–Kier alpha value is -2.74. The number of aryl methyl sites for hydroxylation is 1. The zero-order valence-electron chi connectivity index (χ0n) is 11.6. The van der Waals surface area contributed by atoms with Crippen molar-refractivity contribution < 1.29 is 4.42 Å². The Labute approximate surface area is 128 Å². The number of nitrogens with zero attached hydrogens (tertiary/aromatic N) is 5. The second kappa shape index (κ2) is 4.92. The summed E-state index contributed by atoms with van der Waals surface area (Å²) < 4.78 is 8.54. The third-order valence-corrected chi connectivity index (χ3v) is 4.19. The van der Waals surface area contributed by atoms with Crippen LogP contribution in [0.4, 0.5) is 0 Å². The van der Waals surface area contributed by atoms with Crippen molar-refractivity contribution in [2.75, 3.05) is 0 Å². The molecule has 8 heteroatoms. The molecule has 0 radical (unpaired) electrons. The van der Waals surface area contributed by atoms with Gasteiger partial charge in [-0.1, -0.05) is 6.07 Å². The summed E-state index contributed by atoms with van der Waals surface area (Å²) in [6.45, 7) is 0.311. The maximum atomic E-state index is 12.4. The smallest absolute Gasteiger partial charge is 0.264 e. The molecule has 4 rings (SSSR count). The molecule has 0 aliphatic rings. The molecule has 0 atom stereocenters. The van der Waals surface area contributed by atoms with E-state index in [1.165, 1.54) is 17.1 Å². The molecule has 4 aromatic heterocycles. The van der Waals surface area contributed by atoms with Crippen LogP contribution in [0.1, 0.15) is 5.69 Å². The second-order valence-corrected chi connectivity index (χ2v) is 5.75. The highest BCUT2D eigenvalue weighted by molar-refractivity contribution is 7.13. The largest absolute Gasteiger partial charge is 0.443 e. The van der Waals surface area contributed by atoms with E-state index in [9.17, 15) is 4.79 Å². The lowest BCUT2D eigenvalue weighted by atomic mass is 10.4. The SMILES string of the molecule is Cn1ncc2c(=O)n(Cc3coc(-c4cccs4)n3)cnc21. The molecule has 0 aliphatic heterocycles. The first-order valence-corrected chi connectivity index (χ1v) is 7.46. The molecule has 4 heterocycles. The molecular weight excluding hydrogens is 302 g/mol. The predicted molar refractivity (Wildman–Crippen MR) is 81.7 cm³/mol. The van der Waals surface area contributed by atoms with Crippen molar-refractivity contribution in [2.24, 2.45) is 7.05 Å². The van der Waals surface area contributed by atoms with E-state index in [0.29, 0.717) is 29.2 Å². The zero-order chi connectivity index (χ0) is 15.1. The lowest BCUT2D eigenvalue weighted by molar-refractivity contribution is 0.572. The molecule has 0 amide bonds. The van der Waals surface area contributed by atoms with Crippen LogP contribution in [-0.4, -0.2) is 24.3 Å². The third kappa shape index (κ3) is 2.04. The predicted octanol–water partition coefficient (Wildman–Crippen LogP) is 1.89. The molecule has 0 saturated heterocycles. The van der Waals surface area contributed by atoms with Crippen molar-refractivity contribution in [1.29, 1.82) is 0 Å². The minimum Gasteiger partial charge on any atom is -0.443 e. The van der Waals surface area contributed by atoms with Gasteiger partial charge in [0, 0.05) is 7.05 Å². The van der Waals surface area contributed by atoms with Gasteiger partial charge in [0.05, 0.1) is 23.3 Å². The van der Waals surface area contributed by atoms with Crippen molar-refractivity contribution in [2.45, 2.75) is 6.54 Å². The normalized spacial score (nSPS) is 11.3. The topological polar surface area (TPSA) is 78.7 Å². The van der Waals surface area contributed by atoms with Gasteiger partial charge in [-0.2, -0.15) is 5.10 Å². The quantitative estimate of drug-likeness (QED) is 0.577. The summed E-state index contributed by atoms with van der Waals surface area (Å²) in [5, 5.41) is 6.51. The maximum absolute atomic E-state index is 12.4. The van der Waals surface area contributed by atoms with Gasteiger partial charge in [-0.3, -0.25) is 14.0 Å². The fourth-order valence-corrected chi connectivity index (χ4v) is 2.90. The van der Waals surface area contributed by atoms with Gasteiger partial charge in [-0.15, -0.1) is 11.3 Å². The van der Waals surface area contributed by atoms with Gasteiger partial charge >= 0.3 is 0 Å². The second-order valence-electron chi connectivity index (χ2n) is 4.80.